The lowest BCUT2D eigenvalue weighted by Gasteiger charge is -2.05. The molecule has 3 aromatic rings. The predicted molar refractivity (Wildman–Crippen MR) is 115 cm³/mol. The van der Waals surface area contributed by atoms with Crippen LogP contribution in [-0.2, 0) is 37.1 Å². The Morgan fingerprint density at radius 1 is 1.13 bits per heavy atom. The molecule has 0 spiro atoms. The fraction of sp³-hybridized carbons (Fsp3) is 0.286. The molecule has 0 saturated heterocycles. The molecule has 0 unspecified atom stereocenters. The Morgan fingerprint density at radius 2 is 1.84 bits per heavy atom. The van der Waals surface area contributed by atoms with Gasteiger partial charge in [0.25, 0.3) is 5.91 Å². The molecule has 0 atom stereocenters. The minimum absolute atomic E-state index is 0.00634. The number of carbonyl (C=O) groups is 2. The molecule has 0 aliphatic rings. The Balaban J connectivity index is 1.92. The van der Waals surface area contributed by atoms with Crippen molar-refractivity contribution in [1.82, 2.24) is 4.57 Å². The second-order valence-electron chi connectivity index (χ2n) is 6.62. The minimum Gasteiger partial charge on any atom is -0.465 e. The summed E-state index contributed by atoms with van der Waals surface area (Å²) in [5, 5.41) is 0. The first-order valence-corrected chi connectivity index (χ1v) is 12.0. The van der Waals surface area contributed by atoms with Crippen LogP contribution in [-0.4, -0.2) is 37.2 Å². The van der Waals surface area contributed by atoms with Crippen LogP contribution in [0.1, 0.15) is 19.4 Å². The molecule has 0 aliphatic carbocycles. The van der Waals surface area contributed by atoms with Crippen molar-refractivity contribution in [2.75, 3.05) is 12.4 Å². The Hall–Kier alpha value is -2.85. The molecule has 0 saturated carbocycles. The van der Waals surface area contributed by atoms with Crippen molar-refractivity contribution < 1.29 is 27.1 Å². The quantitative estimate of drug-likeness (QED) is 0.501. The van der Waals surface area contributed by atoms with E-state index in [9.17, 15) is 22.4 Å². The number of benzene rings is 2. The molecule has 2 aromatic carbocycles. The van der Waals surface area contributed by atoms with Crippen LogP contribution in [0.25, 0.3) is 10.2 Å². The van der Waals surface area contributed by atoms with Crippen LogP contribution in [0, 0.1) is 5.82 Å². The van der Waals surface area contributed by atoms with Gasteiger partial charge in [-0.25, -0.2) is 12.8 Å². The molecule has 3 rings (SSSR count). The van der Waals surface area contributed by atoms with Crippen LogP contribution in [0.15, 0.2) is 52.4 Å². The van der Waals surface area contributed by atoms with Gasteiger partial charge in [-0.15, -0.1) is 0 Å². The Labute approximate surface area is 182 Å². The van der Waals surface area contributed by atoms with E-state index in [4.69, 9.17) is 4.74 Å². The first-order chi connectivity index (χ1) is 14.7. The van der Waals surface area contributed by atoms with E-state index >= 15 is 0 Å². The fourth-order valence-electron chi connectivity index (χ4n) is 2.92. The third-order valence-electron chi connectivity index (χ3n) is 4.48. The van der Waals surface area contributed by atoms with E-state index in [2.05, 4.69) is 4.99 Å². The highest BCUT2D eigenvalue weighted by Crippen LogP contribution is 2.19. The molecular weight excluding hydrogens is 443 g/mol. The van der Waals surface area contributed by atoms with Crippen LogP contribution >= 0.6 is 11.3 Å². The molecular formula is C21H21FN2O5S2. The molecule has 0 bridgehead atoms. The molecule has 1 heterocycles. The summed E-state index contributed by atoms with van der Waals surface area (Å²) >= 11 is 1.09. The van der Waals surface area contributed by atoms with E-state index in [1.54, 1.807) is 26.0 Å². The first kappa shape index (κ1) is 22.8. The number of aromatic nitrogens is 1. The average Bonchev–Trinajstić information content (AvgIpc) is 3.04. The smallest absolute Gasteiger partial charge is 0.326 e. The van der Waals surface area contributed by atoms with Gasteiger partial charge in [0.05, 0.1) is 33.9 Å². The predicted octanol–water partition coefficient (Wildman–Crippen LogP) is 2.87. The van der Waals surface area contributed by atoms with E-state index in [1.165, 1.54) is 34.9 Å². The molecule has 0 fully saturated rings. The van der Waals surface area contributed by atoms with Crippen molar-refractivity contribution in [3.05, 3.63) is 58.6 Å². The summed E-state index contributed by atoms with van der Waals surface area (Å²) in [6.07, 6.45) is -0.0472. The van der Waals surface area contributed by atoms with Crippen LogP contribution in [0.5, 0.6) is 0 Å². The highest BCUT2D eigenvalue weighted by atomic mass is 32.2. The zero-order valence-corrected chi connectivity index (χ0v) is 18.6. The van der Waals surface area contributed by atoms with Gasteiger partial charge in [0.1, 0.15) is 12.4 Å². The number of rotatable bonds is 7. The molecule has 164 valence electrons. The molecule has 10 heteroatoms. The zero-order chi connectivity index (χ0) is 22.6. The number of carbonyl (C=O) groups excluding carboxylic acids is 2. The van der Waals surface area contributed by atoms with Gasteiger partial charge in [-0.05, 0) is 42.8 Å². The summed E-state index contributed by atoms with van der Waals surface area (Å²) in [5.41, 5.74) is 1.17. The fourth-order valence-corrected chi connectivity index (χ4v) is 4.88. The maximum atomic E-state index is 13.6. The second kappa shape index (κ2) is 9.52. The second-order valence-corrected chi connectivity index (χ2v) is 9.90. The van der Waals surface area contributed by atoms with Crippen molar-refractivity contribution in [3.8, 4) is 0 Å². The van der Waals surface area contributed by atoms with E-state index in [1.807, 2.05) is 0 Å². The Morgan fingerprint density at radius 3 is 2.48 bits per heavy atom. The molecule has 1 amide bonds. The molecule has 31 heavy (non-hydrogen) atoms. The van der Waals surface area contributed by atoms with Gasteiger partial charge in [0, 0.05) is 0 Å². The first-order valence-electron chi connectivity index (χ1n) is 9.57. The van der Waals surface area contributed by atoms with Gasteiger partial charge in [-0.1, -0.05) is 30.4 Å². The lowest BCUT2D eigenvalue weighted by atomic mass is 10.1. The molecule has 7 nitrogen and oxygen atoms in total. The minimum atomic E-state index is -3.32. The third-order valence-corrected chi connectivity index (χ3v) is 7.27. The number of nitrogens with zero attached hydrogens (tertiary/aromatic N) is 2. The SMILES string of the molecule is CCOC(=O)Cn1c(=NC(=O)Cc2ccc(S(=O)(=O)CC)cc2)sc2cc(F)ccc21. The van der Waals surface area contributed by atoms with E-state index < -0.39 is 27.5 Å². The lowest BCUT2D eigenvalue weighted by molar-refractivity contribution is -0.143. The van der Waals surface area contributed by atoms with Crippen molar-refractivity contribution in [2.45, 2.75) is 31.7 Å². The van der Waals surface area contributed by atoms with E-state index in [0.29, 0.717) is 15.8 Å². The Kier molecular flexibility index (Phi) is 7.01. The number of sulfone groups is 1. The van der Waals surface area contributed by atoms with Gasteiger partial charge >= 0.3 is 5.97 Å². The maximum Gasteiger partial charge on any atom is 0.326 e. The standard InChI is InChI=1S/C21H21FN2O5S2/c1-3-29-20(26)13-24-17-10-7-15(22)12-18(17)30-21(24)23-19(25)11-14-5-8-16(9-6-14)31(27,28)4-2/h5-10,12H,3-4,11,13H2,1-2H3. The number of esters is 1. The molecule has 1 aromatic heterocycles. The Bertz CT molecular complexity index is 1290. The van der Waals surface area contributed by atoms with Crippen molar-refractivity contribution >= 4 is 43.3 Å². The third kappa shape index (κ3) is 5.45. The summed E-state index contributed by atoms with van der Waals surface area (Å²) in [5.74, 6) is -1.41. The average molecular weight is 465 g/mol. The van der Waals surface area contributed by atoms with Crippen LogP contribution in [0.2, 0.25) is 0 Å². The van der Waals surface area contributed by atoms with Crippen molar-refractivity contribution in [3.63, 3.8) is 0 Å². The number of ether oxygens (including phenoxy) is 1. The van der Waals surface area contributed by atoms with Gasteiger partial charge < -0.3 is 9.30 Å². The highest BCUT2D eigenvalue weighted by Gasteiger charge is 2.14. The van der Waals surface area contributed by atoms with Crippen molar-refractivity contribution in [1.29, 1.82) is 0 Å². The monoisotopic (exact) mass is 464 g/mol. The summed E-state index contributed by atoms with van der Waals surface area (Å²) < 4.78 is 44.5. The number of hydrogen-bond acceptors (Lipinski definition) is 6. The van der Waals surface area contributed by atoms with E-state index in [0.717, 1.165) is 11.3 Å². The molecule has 0 N–H and O–H groups in total. The normalized spacial score (nSPS) is 12.3. The highest BCUT2D eigenvalue weighted by molar-refractivity contribution is 7.91. The molecule has 0 aliphatic heterocycles. The van der Waals surface area contributed by atoms with Gasteiger partial charge in [-0.2, -0.15) is 4.99 Å². The van der Waals surface area contributed by atoms with Crippen LogP contribution in [0.3, 0.4) is 0 Å². The van der Waals surface area contributed by atoms with Crippen LogP contribution < -0.4 is 4.80 Å². The number of amides is 1. The number of thiazole rings is 1. The van der Waals surface area contributed by atoms with Gasteiger partial charge in [0.2, 0.25) is 0 Å². The van der Waals surface area contributed by atoms with Gasteiger partial charge in [-0.3, -0.25) is 9.59 Å². The largest absolute Gasteiger partial charge is 0.465 e. The number of fused-ring (bicyclic) bond motifs is 1. The number of hydrogen-bond donors (Lipinski definition) is 0. The summed E-state index contributed by atoms with van der Waals surface area (Å²) in [7, 11) is -3.32. The van der Waals surface area contributed by atoms with E-state index in [-0.39, 0.29) is 35.0 Å². The summed E-state index contributed by atoms with van der Waals surface area (Å²) in [4.78, 5) is 29.1. The summed E-state index contributed by atoms with van der Waals surface area (Å²) in [6.45, 7) is 3.31. The zero-order valence-electron chi connectivity index (χ0n) is 17.0. The lowest BCUT2D eigenvalue weighted by Crippen LogP contribution is -2.23. The van der Waals surface area contributed by atoms with Gasteiger partial charge in [0.15, 0.2) is 14.6 Å². The van der Waals surface area contributed by atoms with Crippen LogP contribution in [0.4, 0.5) is 4.39 Å². The number of halogens is 1. The topological polar surface area (TPSA) is 94.8 Å². The van der Waals surface area contributed by atoms with Crippen molar-refractivity contribution in [2.24, 2.45) is 4.99 Å². The maximum absolute atomic E-state index is 13.6. The summed E-state index contributed by atoms with van der Waals surface area (Å²) in [6, 6.07) is 10.2. The molecule has 0 radical (unpaired) electrons.